The second-order valence-corrected chi connectivity index (χ2v) is 3.52. The molecule has 0 saturated carbocycles. The molecule has 0 heterocycles. The van der Waals surface area contributed by atoms with Crippen molar-refractivity contribution < 1.29 is 5.11 Å². The fourth-order valence-electron chi connectivity index (χ4n) is 0.720. The van der Waals surface area contributed by atoms with Gasteiger partial charge in [0.15, 0.2) is 0 Å². The molecule has 12 heavy (non-hydrogen) atoms. The minimum Gasteiger partial charge on any atom is -0.507 e. The van der Waals surface area contributed by atoms with Crippen LogP contribution in [0.4, 0.5) is 0 Å². The van der Waals surface area contributed by atoms with E-state index in [1.165, 1.54) is 0 Å². The maximum Gasteiger partial charge on any atom is 0.129 e. The highest BCUT2D eigenvalue weighted by Gasteiger charge is 1.95. The van der Waals surface area contributed by atoms with Gasteiger partial charge in [-0.05, 0) is 34.1 Å². The van der Waals surface area contributed by atoms with E-state index >= 15 is 0 Å². The summed E-state index contributed by atoms with van der Waals surface area (Å²) in [4.78, 5) is 0. The fraction of sp³-hybridized carbons (Fsp3) is 0.111. The lowest BCUT2D eigenvalue weighted by Crippen LogP contribution is -1.75. The maximum absolute atomic E-state index is 9.16. The van der Waals surface area contributed by atoms with Crippen molar-refractivity contribution in [2.24, 2.45) is 0 Å². The molecule has 1 nitrogen and oxygen atoms in total. The summed E-state index contributed by atoms with van der Waals surface area (Å²) < 4.78 is 0.670. The molecule has 0 aromatic heterocycles. The molecule has 1 aromatic carbocycles. The highest BCUT2D eigenvalue weighted by atomic mass is 79.9. The third kappa shape index (κ3) is 2.54. The number of hydrogen-bond acceptors (Lipinski definition) is 1. The zero-order chi connectivity index (χ0) is 8.97. The van der Waals surface area contributed by atoms with Gasteiger partial charge in [0.2, 0.25) is 0 Å². The van der Waals surface area contributed by atoms with Gasteiger partial charge >= 0.3 is 0 Å². The van der Waals surface area contributed by atoms with Crippen LogP contribution in [0, 0.1) is 11.8 Å². The molecule has 0 atom stereocenters. The average molecular weight is 290 g/mol. The minimum atomic E-state index is 0.236. The van der Waals surface area contributed by atoms with Gasteiger partial charge in [0.25, 0.3) is 0 Å². The van der Waals surface area contributed by atoms with Crippen LogP contribution in [-0.4, -0.2) is 10.4 Å². The molecule has 0 amide bonds. The van der Waals surface area contributed by atoms with Crippen LogP contribution in [0.3, 0.4) is 0 Å². The van der Waals surface area contributed by atoms with Crippen LogP contribution in [0.2, 0.25) is 0 Å². The molecule has 62 valence electrons. The first-order chi connectivity index (χ1) is 5.74. The van der Waals surface area contributed by atoms with Gasteiger partial charge in [-0.15, -0.1) is 0 Å². The largest absolute Gasteiger partial charge is 0.507 e. The second kappa shape index (κ2) is 4.54. The molecule has 3 heteroatoms. The lowest BCUT2D eigenvalue weighted by molar-refractivity contribution is 0.472. The molecule has 0 unspecified atom stereocenters. The van der Waals surface area contributed by atoms with Crippen LogP contribution in [0.25, 0.3) is 0 Å². The molecule has 0 aliphatic carbocycles. The minimum absolute atomic E-state index is 0.236. The standard InChI is InChI=1S/C9H6Br2O/c10-5-1-2-7-3-4-9(12)8(11)6-7/h3-4,6,12H,5H2. The van der Waals surface area contributed by atoms with E-state index in [1.54, 1.807) is 18.2 Å². The number of phenols is 1. The molecule has 0 saturated heterocycles. The quantitative estimate of drug-likeness (QED) is 0.575. The van der Waals surface area contributed by atoms with Crippen LogP contribution < -0.4 is 0 Å². The molecule has 1 N–H and O–H groups in total. The zero-order valence-electron chi connectivity index (χ0n) is 6.14. The lowest BCUT2D eigenvalue weighted by atomic mass is 10.2. The lowest BCUT2D eigenvalue weighted by Gasteiger charge is -1.95. The number of hydrogen-bond donors (Lipinski definition) is 1. The van der Waals surface area contributed by atoms with E-state index in [-0.39, 0.29) is 5.75 Å². The number of phenolic OH excluding ortho intramolecular Hbond substituents is 1. The number of benzene rings is 1. The Bertz CT molecular complexity index is 336. The van der Waals surface area contributed by atoms with Crippen molar-refractivity contribution in [1.29, 1.82) is 0 Å². The van der Waals surface area contributed by atoms with E-state index in [0.29, 0.717) is 9.80 Å². The Morgan fingerprint density at radius 3 is 2.75 bits per heavy atom. The first kappa shape index (κ1) is 9.63. The highest BCUT2D eigenvalue weighted by Crippen LogP contribution is 2.23. The summed E-state index contributed by atoms with van der Waals surface area (Å²) in [7, 11) is 0. The maximum atomic E-state index is 9.16. The molecular formula is C9H6Br2O. The Labute approximate surface area is 88.1 Å². The van der Waals surface area contributed by atoms with Crippen LogP contribution in [0.15, 0.2) is 22.7 Å². The van der Waals surface area contributed by atoms with E-state index in [2.05, 4.69) is 43.7 Å². The summed E-state index contributed by atoms with van der Waals surface area (Å²) in [6, 6.07) is 5.17. The van der Waals surface area contributed by atoms with Gasteiger partial charge in [0, 0.05) is 5.56 Å². The Morgan fingerprint density at radius 2 is 2.17 bits per heavy atom. The molecule has 1 aromatic rings. The zero-order valence-corrected chi connectivity index (χ0v) is 9.31. The topological polar surface area (TPSA) is 20.2 Å². The van der Waals surface area contributed by atoms with E-state index in [9.17, 15) is 0 Å². The third-order valence-corrected chi connectivity index (χ3v) is 2.16. The van der Waals surface area contributed by atoms with E-state index in [4.69, 9.17) is 5.11 Å². The van der Waals surface area contributed by atoms with Crippen molar-refractivity contribution in [3.63, 3.8) is 0 Å². The first-order valence-electron chi connectivity index (χ1n) is 3.27. The smallest absolute Gasteiger partial charge is 0.129 e. The second-order valence-electron chi connectivity index (χ2n) is 2.10. The molecule has 0 spiro atoms. The number of halogens is 2. The van der Waals surface area contributed by atoms with Gasteiger partial charge in [-0.3, -0.25) is 0 Å². The monoisotopic (exact) mass is 288 g/mol. The number of rotatable bonds is 0. The van der Waals surface area contributed by atoms with Crippen molar-refractivity contribution in [3.8, 4) is 17.6 Å². The molecule has 0 aliphatic heterocycles. The van der Waals surface area contributed by atoms with E-state index in [1.807, 2.05) is 0 Å². The molecular weight excluding hydrogens is 284 g/mol. The molecule has 0 aliphatic rings. The summed E-state index contributed by atoms with van der Waals surface area (Å²) in [6.07, 6.45) is 0. The number of aromatic hydroxyl groups is 1. The van der Waals surface area contributed by atoms with Crippen LogP contribution in [0.1, 0.15) is 5.56 Å². The summed E-state index contributed by atoms with van der Waals surface area (Å²) in [5.41, 5.74) is 0.888. The van der Waals surface area contributed by atoms with Crippen molar-refractivity contribution in [3.05, 3.63) is 28.2 Å². The van der Waals surface area contributed by atoms with Gasteiger partial charge in [0.1, 0.15) is 5.75 Å². The Hall–Kier alpha value is -0.460. The van der Waals surface area contributed by atoms with Gasteiger partial charge in [-0.2, -0.15) is 0 Å². The molecule has 0 fully saturated rings. The van der Waals surface area contributed by atoms with Crippen molar-refractivity contribution in [1.82, 2.24) is 0 Å². The molecule has 0 bridgehead atoms. The average Bonchev–Trinajstić information content (AvgIpc) is 2.07. The summed E-state index contributed by atoms with van der Waals surface area (Å²) >= 11 is 6.41. The van der Waals surface area contributed by atoms with Gasteiger partial charge in [-0.1, -0.05) is 27.8 Å². The summed E-state index contributed by atoms with van der Waals surface area (Å²) in [6.45, 7) is 0. The Kier molecular flexibility index (Phi) is 3.64. The Morgan fingerprint density at radius 1 is 1.42 bits per heavy atom. The van der Waals surface area contributed by atoms with Gasteiger partial charge < -0.3 is 5.11 Å². The van der Waals surface area contributed by atoms with Crippen molar-refractivity contribution in [2.75, 3.05) is 5.33 Å². The van der Waals surface area contributed by atoms with Crippen LogP contribution in [0.5, 0.6) is 5.75 Å². The third-order valence-electron chi connectivity index (χ3n) is 1.25. The first-order valence-corrected chi connectivity index (χ1v) is 5.19. The fourth-order valence-corrected chi connectivity index (χ4v) is 1.24. The Balaban J connectivity index is 2.97. The van der Waals surface area contributed by atoms with Gasteiger partial charge in [-0.25, -0.2) is 0 Å². The van der Waals surface area contributed by atoms with Crippen LogP contribution in [-0.2, 0) is 0 Å². The van der Waals surface area contributed by atoms with Crippen molar-refractivity contribution in [2.45, 2.75) is 0 Å². The SMILES string of the molecule is Oc1ccc(C#CCBr)cc1Br. The van der Waals surface area contributed by atoms with E-state index < -0.39 is 0 Å². The van der Waals surface area contributed by atoms with E-state index in [0.717, 1.165) is 5.56 Å². The predicted molar refractivity (Wildman–Crippen MR) is 56.5 cm³/mol. The van der Waals surface area contributed by atoms with Gasteiger partial charge in [0.05, 0.1) is 9.80 Å². The normalized spacial score (nSPS) is 8.83. The van der Waals surface area contributed by atoms with Crippen molar-refractivity contribution >= 4 is 31.9 Å². The summed E-state index contributed by atoms with van der Waals surface area (Å²) in [5.74, 6) is 6.04. The number of alkyl halides is 1. The molecule has 1 rings (SSSR count). The summed E-state index contributed by atoms with van der Waals surface area (Å²) in [5, 5.41) is 9.82. The van der Waals surface area contributed by atoms with Crippen LogP contribution >= 0.6 is 31.9 Å². The highest BCUT2D eigenvalue weighted by molar-refractivity contribution is 9.10. The predicted octanol–water partition coefficient (Wildman–Crippen LogP) is 2.90. The molecule has 0 radical (unpaired) electrons.